The van der Waals surface area contributed by atoms with E-state index in [-0.39, 0.29) is 0 Å². The molecule has 1 N–H and O–H groups in total. The number of hydrogen-bond donors (Lipinski definition) is 1. The molecule has 1 unspecified atom stereocenters. The molecular weight excluding hydrogens is 318 g/mol. The van der Waals surface area contributed by atoms with Gasteiger partial charge in [0.25, 0.3) is 0 Å². The first-order valence-corrected chi connectivity index (χ1v) is 8.33. The summed E-state index contributed by atoms with van der Waals surface area (Å²) in [4.78, 5) is 12.2. The molecular formula is C15H24BrN3O. The Labute approximate surface area is 129 Å². The van der Waals surface area contributed by atoms with E-state index in [9.17, 15) is 4.79 Å². The number of Topliss-reactive ketones (excluding diaryl/α,β-unsaturated/α-hetero) is 1. The lowest BCUT2D eigenvalue weighted by Crippen LogP contribution is -2.30. The van der Waals surface area contributed by atoms with Gasteiger partial charge in [0, 0.05) is 19.9 Å². The highest BCUT2D eigenvalue weighted by atomic mass is 79.9. The third kappa shape index (κ3) is 3.92. The lowest BCUT2D eigenvalue weighted by atomic mass is 9.93. The van der Waals surface area contributed by atoms with Gasteiger partial charge in [-0.1, -0.05) is 6.92 Å². The molecule has 2 heterocycles. The summed E-state index contributed by atoms with van der Waals surface area (Å²) in [5.41, 5.74) is 2.04. The first kappa shape index (κ1) is 15.7. The molecule has 1 aromatic heterocycles. The van der Waals surface area contributed by atoms with Crippen LogP contribution in [-0.2, 0) is 24.7 Å². The molecule has 112 valence electrons. The van der Waals surface area contributed by atoms with E-state index in [1.165, 1.54) is 12.8 Å². The number of rotatable bonds is 6. The van der Waals surface area contributed by atoms with Crippen molar-refractivity contribution in [3.8, 4) is 0 Å². The molecule has 1 aliphatic heterocycles. The van der Waals surface area contributed by atoms with Gasteiger partial charge in [-0.3, -0.25) is 9.48 Å². The smallest absolute Gasteiger partial charge is 0.138 e. The highest BCUT2D eigenvalue weighted by Gasteiger charge is 2.18. The number of aryl methyl sites for hydroxylation is 2. The van der Waals surface area contributed by atoms with Crippen molar-refractivity contribution in [1.82, 2.24) is 15.1 Å². The molecule has 5 heteroatoms. The van der Waals surface area contributed by atoms with E-state index < -0.39 is 0 Å². The Hall–Kier alpha value is -0.680. The number of piperidine rings is 1. The molecule has 1 fully saturated rings. The zero-order valence-corrected chi connectivity index (χ0v) is 14.0. The minimum atomic E-state index is 0.321. The second-order valence-corrected chi connectivity index (χ2v) is 6.44. The Morgan fingerprint density at radius 2 is 2.35 bits per heavy atom. The van der Waals surface area contributed by atoms with Gasteiger partial charge >= 0.3 is 0 Å². The van der Waals surface area contributed by atoms with Crippen LogP contribution in [0.2, 0.25) is 0 Å². The Morgan fingerprint density at radius 1 is 1.55 bits per heavy atom. The largest absolute Gasteiger partial charge is 0.316 e. The highest BCUT2D eigenvalue weighted by molar-refractivity contribution is 9.10. The highest BCUT2D eigenvalue weighted by Crippen LogP contribution is 2.23. The molecule has 2 rings (SSSR count). The van der Waals surface area contributed by atoms with Gasteiger partial charge in [-0.15, -0.1) is 0 Å². The van der Waals surface area contributed by atoms with Crippen LogP contribution in [0.15, 0.2) is 4.47 Å². The van der Waals surface area contributed by atoms with Crippen molar-refractivity contribution < 1.29 is 4.79 Å². The maximum Gasteiger partial charge on any atom is 0.138 e. The summed E-state index contributed by atoms with van der Waals surface area (Å²) < 4.78 is 2.85. The molecule has 0 amide bonds. The average Bonchev–Trinajstić information content (AvgIpc) is 2.73. The topological polar surface area (TPSA) is 46.9 Å². The predicted octanol–water partition coefficient (Wildman–Crippen LogP) is 2.64. The molecule has 1 aromatic rings. The molecule has 0 saturated carbocycles. The zero-order chi connectivity index (χ0) is 14.5. The van der Waals surface area contributed by atoms with E-state index in [0.717, 1.165) is 41.8 Å². The third-order valence-corrected chi connectivity index (χ3v) is 5.01. The minimum Gasteiger partial charge on any atom is -0.316 e. The third-order valence-electron chi connectivity index (χ3n) is 4.10. The van der Waals surface area contributed by atoms with Gasteiger partial charge in [-0.25, -0.2) is 0 Å². The van der Waals surface area contributed by atoms with Gasteiger partial charge in [0.2, 0.25) is 0 Å². The number of hydrogen-bond acceptors (Lipinski definition) is 3. The van der Waals surface area contributed by atoms with Gasteiger partial charge in [0.1, 0.15) is 5.78 Å². The van der Waals surface area contributed by atoms with Crippen molar-refractivity contribution in [2.24, 2.45) is 13.0 Å². The van der Waals surface area contributed by atoms with Crippen LogP contribution in [0, 0.1) is 5.92 Å². The normalized spacial score (nSPS) is 19.2. The van der Waals surface area contributed by atoms with Gasteiger partial charge < -0.3 is 5.32 Å². The summed E-state index contributed by atoms with van der Waals surface area (Å²) in [5.74, 6) is 0.996. The van der Waals surface area contributed by atoms with Gasteiger partial charge in [-0.2, -0.15) is 5.10 Å². The van der Waals surface area contributed by atoms with E-state index in [0.29, 0.717) is 24.5 Å². The first-order valence-electron chi connectivity index (χ1n) is 7.54. The first-order chi connectivity index (χ1) is 9.61. The molecule has 1 atom stereocenters. The molecule has 0 bridgehead atoms. The standard InChI is InChI=1S/C15H24BrN3O/c1-3-13-15(16)14(19(2)18-13)9-12(20)7-6-11-5-4-8-17-10-11/h11,17H,3-10H2,1-2H3. The van der Waals surface area contributed by atoms with Crippen LogP contribution in [0.25, 0.3) is 0 Å². The summed E-state index contributed by atoms with van der Waals surface area (Å²) in [6, 6.07) is 0. The second kappa shape index (κ2) is 7.36. The van der Waals surface area contributed by atoms with Crippen molar-refractivity contribution in [2.75, 3.05) is 13.1 Å². The number of nitrogens with zero attached hydrogens (tertiary/aromatic N) is 2. The van der Waals surface area contributed by atoms with E-state index in [2.05, 4.69) is 33.3 Å². The number of carbonyl (C=O) groups is 1. The molecule has 0 radical (unpaired) electrons. The van der Waals surface area contributed by atoms with Crippen LogP contribution in [0.3, 0.4) is 0 Å². The van der Waals surface area contributed by atoms with Crippen molar-refractivity contribution in [1.29, 1.82) is 0 Å². The van der Waals surface area contributed by atoms with Crippen LogP contribution < -0.4 is 5.32 Å². The van der Waals surface area contributed by atoms with Gasteiger partial charge in [0.15, 0.2) is 0 Å². The van der Waals surface area contributed by atoms with E-state index in [4.69, 9.17) is 0 Å². The second-order valence-electron chi connectivity index (χ2n) is 5.65. The Balaban J connectivity index is 1.86. The van der Waals surface area contributed by atoms with Crippen LogP contribution >= 0.6 is 15.9 Å². The van der Waals surface area contributed by atoms with Crippen molar-refractivity contribution >= 4 is 21.7 Å². The summed E-state index contributed by atoms with van der Waals surface area (Å²) >= 11 is 3.57. The fourth-order valence-electron chi connectivity index (χ4n) is 2.82. The fourth-order valence-corrected chi connectivity index (χ4v) is 3.58. The van der Waals surface area contributed by atoms with E-state index in [1.54, 1.807) is 0 Å². The average molecular weight is 342 g/mol. The lowest BCUT2D eigenvalue weighted by Gasteiger charge is -2.22. The van der Waals surface area contributed by atoms with Crippen molar-refractivity contribution in [2.45, 2.75) is 45.4 Å². The molecule has 0 aromatic carbocycles. The molecule has 20 heavy (non-hydrogen) atoms. The summed E-state index contributed by atoms with van der Waals surface area (Å²) in [5, 5.41) is 7.84. The Kier molecular flexibility index (Phi) is 5.78. The Bertz CT molecular complexity index is 464. The maximum absolute atomic E-state index is 12.2. The van der Waals surface area contributed by atoms with Crippen LogP contribution in [0.5, 0.6) is 0 Å². The summed E-state index contributed by atoms with van der Waals surface area (Å²) in [6.45, 7) is 4.28. The number of nitrogens with one attached hydrogen (secondary N) is 1. The quantitative estimate of drug-likeness (QED) is 0.865. The SMILES string of the molecule is CCc1nn(C)c(CC(=O)CCC2CCCNC2)c1Br. The summed E-state index contributed by atoms with van der Waals surface area (Å²) in [6.07, 6.45) is 5.58. The zero-order valence-electron chi connectivity index (χ0n) is 12.4. The van der Waals surface area contributed by atoms with Gasteiger partial charge in [-0.05, 0) is 60.6 Å². The van der Waals surface area contributed by atoms with Gasteiger partial charge in [0.05, 0.1) is 15.9 Å². The molecule has 4 nitrogen and oxygen atoms in total. The van der Waals surface area contributed by atoms with Crippen LogP contribution in [0.4, 0.5) is 0 Å². The van der Waals surface area contributed by atoms with Crippen LogP contribution in [-0.4, -0.2) is 28.7 Å². The van der Waals surface area contributed by atoms with E-state index in [1.807, 2.05) is 11.7 Å². The number of ketones is 1. The molecule has 0 aliphatic carbocycles. The lowest BCUT2D eigenvalue weighted by molar-refractivity contribution is -0.118. The fraction of sp³-hybridized carbons (Fsp3) is 0.733. The molecule has 1 aliphatic rings. The van der Waals surface area contributed by atoms with Crippen molar-refractivity contribution in [3.63, 3.8) is 0 Å². The number of halogens is 1. The maximum atomic E-state index is 12.2. The number of carbonyl (C=O) groups excluding carboxylic acids is 1. The molecule has 0 spiro atoms. The summed E-state index contributed by atoms with van der Waals surface area (Å²) in [7, 11) is 1.91. The van der Waals surface area contributed by atoms with Crippen molar-refractivity contribution in [3.05, 3.63) is 15.9 Å². The number of aromatic nitrogens is 2. The minimum absolute atomic E-state index is 0.321. The van der Waals surface area contributed by atoms with Crippen LogP contribution in [0.1, 0.15) is 44.0 Å². The van der Waals surface area contributed by atoms with E-state index >= 15 is 0 Å². The predicted molar refractivity (Wildman–Crippen MR) is 83.8 cm³/mol. The monoisotopic (exact) mass is 341 g/mol. The Morgan fingerprint density at radius 3 is 2.95 bits per heavy atom. The molecule has 1 saturated heterocycles.